The largest absolute Gasteiger partial charge is 0.369 e. The number of anilines is 1. The van der Waals surface area contributed by atoms with Gasteiger partial charge in [-0.15, -0.1) is 0 Å². The first kappa shape index (κ1) is 15.0. The lowest BCUT2D eigenvalue weighted by atomic mass is 9.98. The number of halogens is 1. The molecule has 0 aromatic heterocycles. The van der Waals surface area contributed by atoms with Crippen LogP contribution in [0.3, 0.4) is 0 Å². The van der Waals surface area contributed by atoms with Gasteiger partial charge in [-0.3, -0.25) is 0 Å². The van der Waals surface area contributed by atoms with Gasteiger partial charge in [0.25, 0.3) is 0 Å². The van der Waals surface area contributed by atoms with Gasteiger partial charge in [-0.05, 0) is 67.6 Å². The van der Waals surface area contributed by atoms with E-state index in [4.69, 9.17) is 5.73 Å². The van der Waals surface area contributed by atoms with Crippen molar-refractivity contribution in [2.45, 2.75) is 31.7 Å². The predicted octanol–water partition coefficient (Wildman–Crippen LogP) is 4.20. The Balaban J connectivity index is 1.79. The maximum atomic E-state index is 13.0. The predicted molar refractivity (Wildman–Crippen MR) is 90.5 cm³/mol. The third-order valence-electron chi connectivity index (χ3n) is 4.50. The first-order chi connectivity index (χ1) is 10.8. The van der Waals surface area contributed by atoms with E-state index in [1.54, 1.807) is 0 Å². The molecule has 0 amide bonds. The van der Waals surface area contributed by atoms with Gasteiger partial charge in [-0.25, -0.2) is 4.39 Å². The van der Waals surface area contributed by atoms with Crippen molar-refractivity contribution < 1.29 is 4.39 Å². The maximum absolute atomic E-state index is 13.0. The van der Waals surface area contributed by atoms with Gasteiger partial charge in [-0.1, -0.05) is 24.3 Å². The standard InChI is InChI=1S/C19H23FN2/c20-17-8-4-15(5-9-17)16-6-10-19(11-7-16)22-14-2-1-3-18(22)12-13-21/h4-11,18H,1-3,12-14,21H2. The molecular formula is C19H23FN2. The van der Waals surface area contributed by atoms with Crippen LogP contribution in [0, 0.1) is 5.82 Å². The van der Waals surface area contributed by atoms with Gasteiger partial charge in [0.2, 0.25) is 0 Å². The normalized spacial score (nSPS) is 18.5. The fraction of sp³-hybridized carbons (Fsp3) is 0.368. The van der Waals surface area contributed by atoms with E-state index in [2.05, 4.69) is 29.2 Å². The molecule has 3 rings (SSSR count). The molecule has 1 aliphatic rings. The first-order valence-electron chi connectivity index (χ1n) is 8.10. The highest BCUT2D eigenvalue weighted by atomic mass is 19.1. The second kappa shape index (κ2) is 6.93. The van der Waals surface area contributed by atoms with E-state index < -0.39 is 0 Å². The van der Waals surface area contributed by atoms with E-state index in [9.17, 15) is 4.39 Å². The van der Waals surface area contributed by atoms with Crippen molar-refractivity contribution in [3.63, 3.8) is 0 Å². The molecule has 1 atom stereocenters. The van der Waals surface area contributed by atoms with Crippen molar-refractivity contribution in [1.29, 1.82) is 0 Å². The fourth-order valence-electron chi connectivity index (χ4n) is 3.32. The van der Waals surface area contributed by atoms with Gasteiger partial charge >= 0.3 is 0 Å². The maximum Gasteiger partial charge on any atom is 0.123 e. The molecule has 2 aromatic carbocycles. The molecule has 2 aromatic rings. The summed E-state index contributed by atoms with van der Waals surface area (Å²) < 4.78 is 13.0. The number of nitrogens with zero attached hydrogens (tertiary/aromatic N) is 1. The summed E-state index contributed by atoms with van der Waals surface area (Å²) in [5.74, 6) is -0.196. The molecule has 0 aliphatic carbocycles. The quantitative estimate of drug-likeness (QED) is 0.916. The van der Waals surface area contributed by atoms with Crippen molar-refractivity contribution >= 4 is 5.69 Å². The van der Waals surface area contributed by atoms with Gasteiger partial charge in [0.15, 0.2) is 0 Å². The van der Waals surface area contributed by atoms with Gasteiger partial charge in [-0.2, -0.15) is 0 Å². The number of hydrogen-bond acceptors (Lipinski definition) is 2. The minimum Gasteiger partial charge on any atom is -0.369 e. The summed E-state index contributed by atoms with van der Waals surface area (Å²) >= 11 is 0. The number of hydrogen-bond donors (Lipinski definition) is 1. The van der Waals surface area contributed by atoms with Gasteiger partial charge < -0.3 is 10.6 Å². The molecule has 1 fully saturated rings. The van der Waals surface area contributed by atoms with Crippen LogP contribution in [-0.4, -0.2) is 19.1 Å². The summed E-state index contributed by atoms with van der Waals surface area (Å²) in [5, 5.41) is 0. The zero-order valence-corrected chi connectivity index (χ0v) is 12.8. The third kappa shape index (κ3) is 3.30. The summed E-state index contributed by atoms with van der Waals surface area (Å²) in [5.41, 5.74) is 9.19. The summed E-state index contributed by atoms with van der Waals surface area (Å²) in [4.78, 5) is 2.49. The Kier molecular flexibility index (Phi) is 4.74. The Hall–Kier alpha value is -1.87. The molecule has 1 heterocycles. The molecule has 22 heavy (non-hydrogen) atoms. The molecule has 1 unspecified atom stereocenters. The van der Waals surface area contributed by atoms with Crippen molar-refractivity contribution in [3.8, 4) is 11.1 Å². The average Bonchev–Trinajstić information content (AvgIpc) is 2.57. The second-order valence-electron chi connectivity index (χ2n) is 5.97. The Labute approximate surface area is 131 Å². The number of piperidine rings is 1. The number of rotatable bonds is 4. The summed E-state index contributed by atoms with van der Waals surface area (Å²) in [6.45, 7) is 1.86. The molecule has 0 radical (unpaired) electrons. The van der Waals surface area contributed by atoms with E-state index in [0.29, 0.717) is 6.04 Å². The van der Waals surface area contributed by atoms with E-state index in [-0.39, 0.29) is 5.82 Å². The van der Waals surface area contributed by atoms with Crippen molar-refractivity contribution in [2.75, 3.05) is 18.0 Å². The zero-order chi connectivity index (χ0) is 15.4. The number of nitrogens with two attached hydrogens (primary N) is 1. The topological polar surface area (TPSA) is 29.3 Å². The summed E-state index contributed by atoms with van der Waals surface area (Å²) in [6.07, 6.45) is 4.84. The van der Waals surface area contributed by atoms with Crippen molar-refractivity contribution in [2.24, 2.45) is 5.73 Å². The Morgan fingerprint density at radius 1 is 0.955 bits per heavy atom. The molecule has 0 spiro atoms. The molecule has 2 N–H and O–H groups in total. The van der Waals surface area contributed by atoms with E-state index >= 15 is 0 Å². The Morgan fingerprint density at radius 3 is 2.23 bits per heavy atom. The van der Waals surface area contributed by atoms with Crippen LogP contribution in [-0.2, 0) is 0 Å². The van der Waals surface area contributed by atoms with E-state index in [1.165, 1.54) is 37.1 Å². The summed E-state index contributed by atoms with van der Waals surface area (Å²) in [6, 6.07) is 15.8. The Bertz CT molecular complexity index is 590. The van der Waals surface area contributed by atoms with Crippen LogP contribution in [0.5, 0.6) is 0 Å². The second-order valence-corrected chi connectivity index (χ2v) is 5.97. The van der Waals surface area contributed by atoms with Crippen LogP contribution >= 0.6 is 0 Å². The molecule has 0 bridgehead atoms. The molecule has 0 saturated carbocycles. The third-order valence-corrected chi connectivity index (χ3v) is 4.50. The van der Waals surface area contributed by atoms with Crippen molar-refractivity contribution in [1.82, 2.24) is 0 Å². The van der Waals surface area contributed by atoms with E-state index in [1.807, 2.05) is 12.1 Å². The lowest BCUT2D eigenvalue weighted by molar-refractivity contribution is 0.442. The molecular weight excluding hydrogens is 275 g/mol. The van der Waals surface area contributed by atoms with Crippen molar-refractivity contribution in [3.05, 3.63) is 54.3 Å². The van der Waals surface area contributed by atoms with E-state index in [0.717, 1.165) is 30.6 Å². The summed E-state index contributed by atoms with van der Waals surface area (Å²) in [7, 11) is 0. The van der Waals surface area contributed by atoms with Crippen LogP contribution in [0.4, 0.5) is 10.1 Å². The highest BCUT2D eigenvalue weighted by molar-refractivity contribution is 5.66. The SMILES string of the molecule is NCCC1CCCCN1c1ccc(-c2ccc(F)cc2)cc1. The molecule has 3 heteroatoms. The van der Waals surface area contributed by atoms with Gasteiger partial charge in [0, 0.05) is 18.3 Å². The molecule has 2 nitrogen and oxygen atoms in total. The average molecular weight is 298 g/mol. The monoisotopic (exact) mass is 298 g/mol. The van der Waals surface area contributed by atoms with Gasteiger partial charge in [0.05, 0.1) is 0 Å². The Morgan fingerprint density at radius 2 is 1.59 bits per heavy atom. The van der Waals surface area contributed by atoms with Crippen LogP contribution in [0.1, 0.15) is 25.7 Å². The highest BCUT2D eigenvalue weighted by Crippen LogP contribution is 2.29. The first-order valence-corrected chi connectivity index (χ1v) is 8.10. The minimum absolute atomic E-state index is 0.196. The molecule has 116 valence electrons. The number of benzene rings is 2. The minimum atomic E-state index is -0.196. The van der Waals surface area contributed by atoms with Crippen LogP contribution in [0.2, 0.25) is 0 Å². The van der Waals surface area contributed by atoms with Gasteiger partial charge in [0.1, 0.15) is 5.82 Å². The lowest BCUT2D eigenvalue weighted by Gasteiger charge is -2.37. The lowest BCUT2D eigenvalue weighted by Crippen LogP contribution is -2.40. The van der Waals surface area contributed by atoms with Crippen LogP contribution in [0.15, 0.2) is 48.5 Å². The smallest absolute Gasteiger partial charge is 0.123 e. The molecule has 1 saturated heterocycles. The van der Waals surface area contributed by atoms with Crippen LogP contribution < -0.4 is 10.6 Å². The molecule has 1 aliphatic heterocycles. The fourth-order valence-corrected chi connectivity index (χ4v) is 3.32. The van der Waals surface area contributed by atoms with Crippen LogP contribution in [0.25, 0.3) is 11.1 Å². The zero-order valence-electron chi connectivity index (χ0n) is 12.8. The highest BCUT2D eigenvalue weighted by Gasteiger charge is 2.21.